The minimum atomic E-state index is -0.247. The Morgan fingerprint density at radius 1 is 1.16 bits per heavy atom. The largest absolute Gasteiger partial charge is 0.351 e. The standard InChI is InChI=1S/C15H22BrNO2/c1-5-18-15(19-6-2)10-17-9-13-7-12(4)14(16)8-11(13)3/h7-9,15H,5-6,10H2,1-4H3. The van der Waals surface area contributed by atoms with Crippen LogP contribution in [0.2, 0.25) is 0 Å². The first-order valence-electron chi connectivity index (χ1n) is 6.58. The van der Waals surface area contributed by atoms with Gasteiger partial charge in [-0.1, -0.05) is 15.9 Å². The van der Waals surface area contributed by atoms with E-state index in [1.165, 1.54) is 11.1 Å². The highest BCUT2D eigenvalue weighted by atomic mass is 79.9. The van der Waals surface area contributed by atoms with Gasteiger partial charge in [0.1, 0.15) is 0 Å². The van der Waals surface area contributed by atoms with Crippen LogP contribution in [0.1, 0.15) is 30.5 Å². The summed E-state index contributed by atoms with van der Waals surface area (Å²) in [5.41, 5.74) is 3.54. The van der Waals surface area contributed by atoms with Gasteiger partial charge in [-0.25, -0.2) is 0 Å². The molecule has 0 bridgehead atoms. The smallest absolute Gasteiger partial charge is 0.176 e. The molecule has 0 aliphatic rings. The number of hydrogen-bond donors (Lipinski definition) is 0. The molecule has 0 atom stereocenters. The molecule has 0 saturated carbocycles. The Morgan fingerprint density at radius 2 is 1.79 bits per heavy atom. The van der Waals surface area contributed by atoms with Crippen LogP contribution in [0.15, 0.2) is 21.6 Å². The highest BCUT2D eigenvalue weighted by Gasteiger charge is 2.06. The Morgan fingerprint density at radius 3 is 2.37 bits per heavy atom. The summed E-state index contributed by atoms with van der Waals surface area (Å²) >= 11 is 3.53. The lowest BCUT2D eigenvalue weighted by atomic mass is 10.1. The maximum atomic E-state index is 5.45. The highest BCUT2D eigenvalue weighted by molar-refractivity contribution is 9.10. The normalized spacial score (nSPS) is 11.7. The van der Waals surface area contributed by atoms with Gasteiger partial charge in [0.05, 0.1) is 6.54 Å². The maximum absolute atomic E-state index is 5.45. The molecule has 0 aliphatic carbocycles. The van der Waals surface area contributed by atoms with Gasteiger partial charge in [0.2, 0.25) is 0 Å². The Balaban J connectivity index is 2.68. The van der Waals surface area contributed by atoms with Crippen molar-refractivity contribution >= 4 is 22.1 Å². The second-order valence-electron chi connectivity index (χ2n) is 4.29. The number of aryl methyl sites for hydroxylation is 2. The molecule has 0 aromatic heterocycles. The predicted molar refractivity (Wildman–Crippen MR) is 83.1 cm³/mol. The van der Waals surface area contributed by atoms with Crippen molar-refractivity contribution in [2.75, 3.05) is 19.8 Å². The number of hydrogen-bond acceptors (Lipinski definition) is 3. The third-order valence-corrected chi connectivity index (χ3v) is 3.59. The first kappa shape index (κ1) is 16.3. The van der Waals surface area contributed by atoms with Crippen molar-refractivity contribution in [3.8, 4) is 0 Å². The van der Waals surface area contributed by atoms with E-state index < -0.39 is 0 Å². The van der Waals surface area contributed by atoms with E-state index in [1.807, 2.05) is 20.1 Å². The molecule has 3 nitrogen and oxygen atoms in total. The summed E-state index contributed by atoms with van der Waals surface area (Å²) in [6.45, 7) is 9.86. The molecule has 0 fully saturated rings. The second-order valence-corrected chi connectivity index (χ2v) is 5.15. The molecule has 0 saturated heterocycles. The molecule has 0 radical (unpaired) electrons. The molecule has 0 N–H and O–H groups in total. The van der Waals surface area contributed by atoms with Gasteiger partial charge in [-0.3, -0.25) is 4.99 Å². The van der Waals surface area contributed by atoms with Crippen molar-refractivity contribution in [1.82, 2.24) is 0 Å². The zero-order valence-corrected chi connectivity index (χ0v) is 13.7. The molecule has 0 aliphatic heterocycles. The van der Waals surface area contributed by atoms with Gasteiger partial charge in [0, 0.05) is 23.9 Å². The molecule has 0 spiro atoms. The third-order valence-electron chi connectivity index (χ3n) is 2.74. The second kappa shape index (κ2) is 8.46. The predicted octanol–water partition coefficient (Wildman–Crippen LogP) is 3.88. The molecule has 1 aromatic carbocycles. The summed E-state index contributed by atoms with van der Waals surface area (Å²) in [4.78, 5) is 4.42. The summed E-state index contributed by atoms with van der Waals surface area (Å²) in [5.74, 6) is 0. The number of ether oxygens (including phenoxy) is 2. The Kier molecular flexibility index (Phi) is 7.28. The topological polar surface area (TPSA) is 30.8 Å². The van der Waals surface area contributed by atoms with Crippen LogP contribution in [0.5, 0.6) is 0 Å². The summed E-state index contributed by atoms with van der Waals surface area (Å²) in [6.07, 6.45) is 1.64. The Hall–Kier alpha value is -0.710. The quantitative estimate of drug-likeness (QED) is 0.562. The molecular formula is C15H22BrNO2. The average Bonchev–Trinajstić information content (AvgIpc) is 2.36. The van der Waals surface area contributed by atoms with Gasteiger partial charge in [-0.2, -0.15) is 0 Å². The van der Waals surface area contributed by atoms with Gasteiger partial charge >= 0.3 is 0 Å². The third kappa shape index (κ3) is 5.43. The van der Waals surface area contributed by atoms with Crippen LogP contribution in [0, 0.1) is 13.8 Å². The van der Waals surface area contributed by atoms with Crippen molar-refractivity contribution in [2.45, 2.75) is 34.0 Å². The molecule has 19 heavy (non-hydrogen) atoms. The van der Waals surface area contributed by atoms with E-state index >= 15 is 0 Å². The van der Waals surface area contributed by atoms with E-state index in [9.17, 15) is 0 Å². The number of aliphatic imine (C=N–C) groups is 1. The van der Waals surface area contributed by atoms with Crippen LogP contribution in [-0.4, -0.2) is 32.3 Å². The fourth-order valence-electron chi connectivity index (χ4n) is 1.70. The molecule has 1 rings (SSSR count). The van der Waals surface area contributed by atoms with Crippen LogP contribution in [0.25, 0.3) is 0 Å². The summed E-state index contributed by atoms with van der Waals surface area (Å²) < 4.78 is 12.0. The van der Waals surface area contributed by atoms with Crippen LogP contribution in [0.3, 0.4) is 0 Å². The fourth-order valence-corrected chi connectivity index (χ4v) is 2.16. The Labute approximate surface area is 124 Å². The van der Waals surface area contributed by atoms with Crippen LogP contribution in [0.4, 0.5) is 0 Å². The van der Waals surface area contributed by atoms with Gasteiger partial charge in [0.15, 0.2) is 6.29 Å². The monoisotopic (exact) mass is 327 g/mol. The van der Waals surface area contributed by atoms with E-state index in [0.29, 0.717) is 19.8 Å². The molecule has 0 amide bonds. The maximum Gasteiger partial charge on any atom is 0.176 e. The average molecular weight is 328 g/mol. The first-order chi connectivity index (χ1) is 9.08. The van der Waals surface area contributed by atoms with Crippen molar-refractivity contribution in [3.05, 3.63) is 33.3 Å². The zero-order valence-electron chi connectivity index (χ0n) is 12.1. The van der Waals surface area contributed by atoms with E-state index in [4.69, 9.17) is 9.47 Å². The van der Waals surface area contributed by atoms with Gasteiger partial charge in [-0.15, -0.1) is 0 Å². The van der Waals surface area contributed by atoms with Crippen LogP contribution >= 0.6 is 15.9 Å². The van der Waals surface area contributed by atoms with Crippen molar-refractivity contribution < 1.29 is 9.47 Å². The molecule has 1 aromatic rings. The Bertz CT molecular complexity index is 426. The fraction of sp³-hybridized carbons (Fsp3) is 0.533. The number of nitrogens with zero attached hydrogens (tertiary/aromatic N) is 1. The van der Waals surface area contributed by atoms with Crippen molar-refractivity contribution in [3.63, 3.8) is 0 Å². The minimum Gasteiger partial charge on any atom is -0.351 e. The minimum absolute atomic E-state index is 0.247. The van der Waals surface area contributed by atoms with Gasteiger partial charge in [0.25, 0.3) is 0 Å². The SMILES string of the molecule is CCOC(CN=Cc1cc(C)c(Br)cc1C)OCC. The van der Waals surface area contributed by atoms with Gasteiger partial charge in [-0.05, 0) is 56.5 Å². The summed E-state index contributed by atoms with van der Waals surface area (Å²) in [7, 11) is 0. The van der Waals surface area contributed by atoms with E-state index in [1.54, 1.807) is 0 Å². The van der Waals surface area contributed by atoms with Crippen LogP contribution < -0.4 is 0 Å². The lowest BCUT2D eigenvalue weighted by molar-refractivity contribution is -0.128. The van der Waals surface area contributed by atoms with E-state index in [-0.39, 0.29) is 6.29 Å². The number of benzene rings is 1. The molecule has 0 unspecified atom stereocenters. The highest BCUT2D eigenvalue weighted by Crippen LogP contribution is 2.20. The van der Waals surface area contributed by atoms with Crippen molar-refractivity contribution in [1.29, 1.82) is 0 Å². The van der Waals surface area contributed by atoms with Gasteiger partial charge < -0.3 is 9.47 Å². The van der Waals surface area contributed by atoms with E-state index in [0.717, 1.165) is 10.0 Å². The lowest BCUT2D eigenvalue weighted by Crippen LogP contribution is -2.20. The van der Waals surface area contributed by atoms with Crippen LogP contribution in [-0.2, 0) is 9.47 Å². The summed E-state index contributed by atoms with van der Waals surface area (Å²) in [5, 5.41) is 0. The molecule has 106 valence electrons. The molecule has 4 heteroatoms. The lowest BCUT2D eigenvalue weighted by Gasteiger charge is -2.14. The number of rotatable bonds is 7. The molecular weight excluding hydrogens is 306 g/mol. The molecule has 0 heterocycles. The zero-order chi connectivity index (χ0) is 14.3. The van der Waals surface area contributed by atoms with E-state index in [2.05, 4.69) is 46.9 Å². The summed E-state index contributed by atoms with van der Waals surface area (Å²) in [6, 6.07) is 4.23. The number of halogens is 1. The van der Waals surface area contributed by atoms with Crippen molar-refractivity contribution in [2.24, 2.45) is 4.99 Å². The first-order valence-corrected chi connectivity index (χ1v) is 7.37.